The van der Waals surface area contributed by atoms with Crippen LogP contribution in [0.1, 0.15) is 29.3 Å². The van der Waals surface area contributed by atoms with E-state index >= 15 is 0 Å². The fourth-order valence-electron chi connectivity index (χ4n) is 3.03. The van der Waals surface area contributed by atoms with Gasteiger partial charge in [0.15, 0.2) is 0 Å². The number of hydrogen-bond donors (Lipinski definition) is 1. The van der Waals surface area contributed by atoms with Gasteiger partial charge in [0.25, 0.3) is 0 Å². The molecule has 0 radical (unpaired) electrons. The lowest BCUT2D eigenvalue weighted by Crippen LogP contribution is -2.43. The fraction of sp³-hybridized carbons (Fsp3) is 0.375. The summed E-state index contributed by atoms with van der Waals surface area (Å²) in [6, 6.07) is 15.0. The number of rotatable bonds is 3. The van der Waals surface area contributed by atoms with E-state index in [1.54, 1.807) is 11.3 Å². The van der Waals surface area contributed by atoms with Crippen molar-refractivity contribution in [2.45, 2.75) is 24.3 Å². The molecule has 1 unspecified atom stereocenters. The SMILES string of the molecule is NC(c1cccs1)C1(c2ccccc2)CCOCC1. The van der Waals surface area contributed by atoms with Gasteiger partial charge in [-0.2, -0.15) is 0 Å². The maximum absolute atomic E-state index is 6.64. The zero-order chi connectivity index (χ0) is 13.1. The molecule has 2 N–H and O–H groups in total. The molecule has 3 heteroatoms. The summed E-state index contributed by atoms with van der Waals surface area (Å²) in [5, 5.41) is 2.10. The van der Waals surface area contributed by atoms with Crippen LogP contribution in [0.15, 0.2) is 47.8 Å². The Bertz CT molecular complexity index is 503. The summed E-state index contributed by atoms with van der Waals surface area (Å²) in [5.41, 5.74) is 8.00. The first-order chi connectivity index (χ1) is 9.33. The van der Waals surface area contributed by atoms with Crippen molar-refractivity contribution in [3.05, 3.63) is 58.3 Å². The number of hydrogen-bond acceptors (Lipinski definition) is 3. The molecule has 1 fully saturated rings. The van der Waals surface area contributed by atoms with Crippen LogP contribution in [0.25, 0.3) is 0 Å². The van der Waals surface area contributed by atoms with E-state index in [-0.39, 0.29) is 11.5 Å². The molecule has 0 spiro atoms. The van der Waals surface area contributed by atoms with Crippen LogP contribution in [0.5, 0.6) is 0 Å². The van der Waals surface area contributed by atoms with Gasteiger partial charge in [0.05, 0.1) is 0 Å². The average molecular weight is 273 g/mol. The molecule has 3 rings (SSSR count). The molecule has 0 bridgehead atoms. The summed E-state index contributed by atoms with van der Waals surface area (Å²) in [6.07, 6.45) is 1.99. The molecule has 1 aliphatic rings. The molecule has 0 amide bonds. The third-order valence-electron chi connectivity index (χ3n) is 4.18. The van der Waals surface area contributed by atoms with Gasteiger partial charge < -0.3 is 10.5 Å². The van der Waals surface area contributed by atoms with Crippen LogP contribution in [-0.4, -0.2) is 13.2 Å². The lowest BCUT2D eigenvalue weighted by Gasteiger charge is -2.42. The molecule has 100 valence electrons. The van der Waals surface area contributed by atoms with Gasteiger partial charge in [-0.25, -0.2) is 0 Å². The third-order valence-corrected chi connectivity index (χ3v) is 5.13. The maximum Gasteiger partial charge on any atom is 0.0489 e. The van der Waals surface area contributed by atoms with Gasteiger partial charge in [-0.05, 0) is 29.9 Å². The van der Waals surface area contributed by atoms with Crippen molar-refractivity contribution in [1.29, 1.82) is 0 Å². The summed E-state index contributed by atoms with van der Waals surface area (Å²) in [6.45, 7) is 1.60. The fourth-order valence-corrected chi connectivity index (χ4v) is 3.87. The second kappa shape index (κ2) is 5.45. The lowest BCUT2D eigenvalue weighted by molar-refractivity contribution is 0.0402. The van der Waals surface area contributed by atoms with E-state index in [0.29, 0.717) is 0 Å². The van der Waals surface area contributed by atoms with Gasteiger partial charge in [0.2, 0.25) is 0 Å². The summed E-state index contributed by atoms with van der Waals surface area (Å²) < 4.78 is 5.56. The van der Waals surface area contributed by atoms with Crippen LogP contribution in [0.3, 0.4) is 0 Å². The number of benzene rings is 1. The Labute approximate surface area is 118 Å². The molecule has 2 heterocycles. The van der Waals surface area contributed by atoms with Crippen LogP contribution in [0.4, 0.5) is 0 Å². The molecule has 0 aliphatic carbocycles. The van der Waals surface area contributed by atoms with Crippen LogP contribution in [-0.2, 0) is 10.2 Å². The van der Waals surface area contributed by atoms with E-state index in [1.165, 1.54) is 10.4 Å². The van der Waals surface area contributed by atoms with E-state index in [0.717, 1.165) is 26.1 Å². The molecule has 0 saturated carbocycles. The third kappa shape index (κ3) is 2.34. The molecule has 1 atom stereocenters. The number of ether oxygens (including phenoxy) is 1. The highest BCUT2D eigenvalue weighted by Crippen LogP contribution is 2.44. The van der Waals surface area contributed by atoms with Crippen molar-refractivity contribution in [2.24, 2.45) is 5.73 Å². The van der Waals surface area contributed by atoms with Crippen LogP contribution in [0.2, 0.25) is 0 Å². The zero-order valence-corrected chi connectivity index (χ0v) is 11.7. The summed E-state index contributed by atoms with van der Waals surface area (Å²) >= 11 is 1.75. The van der Waals surface area contributed by atoms with Crippen LogP contribution < -0.4 is 5.73 Å². The molecule has 1 aromatic heterocycles. The minimum atomic E-state index is 0.0182. The Hall–Kier alpha value is -1.16. The van der Waals surface area contributed by atoms with Gasteiger partial charge in [-0.1, -0.05) is 36.4 Å². The van der Waals surface area contributed by atoms with Crippen LogP contribution in [0, 0.1) is 0 Å². The number of nitrogens with two attached hydrogens (primary N) is 1. The standard InChI is InChI=1S/C16H19NOS/c17-15(14-7-4-12-19-14)16(8-10-18-11-9-16)13-5-2-1-3-6-13/h1-7,12,15H,8-11,17H2. The first-order valence-corrected chi connectivity index (χ1v) is 7.63. The normalized spacial score (nSPS) is 20.1. The first-order valence-electron chi connectivity index (χ1n) is 6.75. The van der Waals surface area contributed by atoms with E-state index in [4.69, 9.17) is 10.5 Å². The van der Waals surface area contributed by atoms with Gasteiger partial charge in [-0.3, -0.25) is 0 Å². The molecule has 2 nitrogen and oxygen atoms in total. The molecule has 2 aromatic rings. The highest BCUT2D eigenvalue weighted by molar-refractivity contribution is 7.10. The molecule has 1 aliphatic heterocycles. The van der Waals surface area contributed by atoms with Gasteiger partial charge >= 0.3 is 0 Å². The molecule has 19 heavy (non-hydrogen) atoms. The summed E-state index contributed by atoms with van der Waals surface area (Å²) in [7, 11) is 0. The average Bonchev–Trinajstić information content (AvgIpc) is 3.02. The van der Waals surface area contributed by atoms with Crippen molar-refractivity contribution < 1.29 is 4.74 Å². The Morgan fingerprint density at radius 3 is 2.42 bits per heavy atom. The minimum Gasteiger partial charge on any atom is -0.381 e. The molecular weight excluding hydrogens is 254 g/mol. The van der Waals surface area contributed by atoms with Crippen molar-refractivity contribution in [3.63, 3.8) is 0 Å². The molecule has 1 saturated heterocycles. The second-order valence-electron chi connectivity index (χ2n) is 5.13. The Morgan fingerprint density at radius 1 is 1.05 bits per heavy atom. The highest BCUT2D eigenvalue weighted by Gasteiger charge is 2.41. The molecule has 1 aromatic carbocycles. The van der Waals surface area contributed by atoms with Crippen molar-refractivity contribution >= 4 is 11.3 Å². The van der Waals surface area contributed by atoms with E-state index in [2.05, 4.69) is 47.8 Å². The van der Waals surface area contributed by atoms with E-state index in [9.17, 15) is 0 Å². The van der Waals surface area contributed by atoms with Gasteiger partial charge in [-0.15, -0.1) is 11.3 Å². The van der Waals surface area contributed by atoms with Gasteiger partial charge in [0, 0.05) is 29.5 Å². The first kappa shape index (κ1) is 12.9. The van der Waals surface area contributed by atoms with Crippen LogP contribution >= 0.6 is 11.3 Å². The quantitative estimate of drug-likeness (QED) is 0.929. The predicted octanol–water partition coefficient (Wildman–Crippen LogP) is 3.50. The summed E-state index contributed by atoms with van der Waals surface area (Å²) in [5.74, 6) is 0. The highest BCUT2D eigenvalue weighted by atomic mass is 32.1. The second-order valence-corrected chi connectivity index (χ2v) is 6.11. The monoisotopic (exact) mass is 273 g/mol. The minimum absolute atomic E-state index is 0.0182. The topological polar surface area (TPSA) is 35.2 Å². The van der Waals surface area contributed by atoms with Crippen molar-refractivity contribution in [3.8, 4) is 0 Å². The predicted molar refractivity (Wildman–Crippen MR) is 79.4 cm³/mol. The van der Waals surface area contributed by atoms with Crippen molar-refractivity contribution in [1.82, 2.24) is 0 Å². The zero-order valence-electron chi connectivity index (χ0n) is 10.9. The maximum atomic E-state index is 6.64. The Morgan fingerprint density at radius 2 is 1.79 bits per heavy atom. The lowest BCUT2D eigenvalue weighted by atomic mass is 9.68. The Kier molecular flexibility index (Phi) is 3.69. The van der Waals surface area contributed by atoms with E-state index in [1.807, 2.05) is 0 Å². The smallest absolute Gasteiger partial charge is 0.0489 e. The van der Waals surface area contributed by atoms with E-state index < -0.39 is 0 Å². The van der Waals surface area contributed by atoms with Gasteiger partial charge in [0.1, 0.15) is 0 Å². The molecular formula is C16H19NOS. The number of thiophene rings is 1. The van der Waals surface area contributed by atoms with Crippen molar-refractivity contribution in [2.75, 3.05) is 13.2 Å². The Balaban J connectivity index is 2.02. The summed E-state index contributed by atoms with van der Waals surface area (Å²) in [4.78, 5) is 1.27. The largest absolute Gasteiger partial charge is 0.381 e.